The second kappa shape index (κ2) is 13.4. The summed E-state index contributed by atoms with van der Waals surface area (Å²) >= 11 is 0. The van der Waals surface area contributed by atoms with Gasteiger partial charge in [-0.2, -0.15) is 15.5 Å². The number of amides is 2. The number of nitrogens with zero attached hydrogens (tertiary/aromatic N) is 7. The number of benzene rings is 1. The van der Waals surface area contributed by atoms with Crippen molar-refractivity contribution in [3.05, 3.63) is 59.5 Å². The average Bonchev–Trinajstić information content (AvgIpc) is 3.67. The van der Waals surface area contributed by atoms with Crippen molar-refractivity contribution in [3.8, 4) is 6.07 Å². The van der Waals surface area contributed by atoms with E-state index >= 15 is 0 Å². The predicted molar refractivity (Wildman–Crippen MR) is 184 cm³/mol. The van der Waals surface area contributed by atoms with E-state index in [-0.39, 0.29) is 24.1 Å². The van der Waals surface area contributed by atoms with Gasteiger partial charge < -0.3 is 24.8 Å². The summed E-state index contributed by atoms with van der Waals surface area (Å²) in [6.45, 7) is 11.6. The average molecular weight is 671 g/mol. The fraction of sp³-hybridized carbons (Fsp3) is 0.528. The molecule has 4 heterocycles. The maximum absolute atomic E-state index is 13.5. The minimum absolute atomic E-state index is 0.101. The van der Waals surface area contributed by atoms with Crippen LogP contribution in [0, 0.1) is 11.3 Å². The van der Waals surface area contributed by atoms with Crippen LogP contribution in [0.15, 0.2) is 42.7 Å². The van der Waals surface area contributed by atoms with Crippen LogP contribution in [-0.2, 0) is 15.1 Å². The van der Waals surface area contributed by atoms with Crippen LogP contribution in [0.3, 0.4) is 0 Å². The minimum Gasteiger partial charge on any atom is -0.444 e. The number of ether oxygens (including phenoxy) is 2. The first-order valence-corrected chi connectivity index (χ1v) is 16.9. The van der Waals surface area contributed by atoms with Gasteiger partial charge in [0.25, 0.3) is 5.91 Å². The molecular weight excluding hydrogens is 624 g/mol. The lowest BCUT2D eigenvalue weighted by Crippen LogP contribution is -2.60. The molecule has 13 nitrogen and oxygen atoms in total. The van der Waals surface area contributed by atoms with E-state index in [1.165, 1.54) is 10.7 Å². The van der Waals surface area contributed by atoms with Crippen LogP contribution in [0.5, 0.6) is 0 Å². The Kier molecular flexibility index (Phi) is 9.41. The number of anilines is 1. The molecule has 49 heavy (non-hydrogen) atoms. The number of methoxy groups -OCH3 is 1. The first-order chi connectivity index (χ1) is 23.2. The Bertz CT molecular complexity index is 1890. The number of carbonyl (C=O) groups excluding carboxylic acids is 2. The van der Waals surface area contributed by atoms with E-state index in [0.717, 1.165) is 43.1 Å². The van der Waals surface area contributed by atoms with Crippen LogP contribution >= 0.6 is 0 Å². The van der Waals surface area contributed by atoms with Crippen molar-refractivity contribution in [2.24, 2.45) is 0 Å². The fourth-order valence-electron chi connectivity index (χ4n) is 7.14. The molecule has 2 N–H and O–H groups in total. The van der Waals surface area contributed by atoms with Crippen molar-refractivity contribution in [3.63, 3.8) is 0 Å². The van der Waals surface area contributed by atoms with Crippen molar-refractivity contribution >= 4 is 34.1 Å². The second-order valence-corrected chi connectivity index (χ2v) is 14.7. The summed E-state index contributed by atoms with van der Waals surface area (Å²) in [5, 5.41) is 33.3. The van der Waals surface area contributed by atoms with Crippen molar-refractivity contribution in [2.75, 3.05) is 38.7 Å². The van der Waals surface area contributed by atoms with E-state index < -0.39 is 11.2 Å². The molecule has 1 aliphatic heterocycles. The lowest BCUT2D eigenvalue weighted by atomic mass is 9.89. The highest BCUT2D eigenvalue weighted by molar-refractivity contribution is 6.05. The number of hydrogen-bond acceptors (Lipinski definition) is 9. The van der Waals surface area contributed by atoms with Crippen molar-refractivity contribution in [1.29, 1.82) is 5.26 Å². The lowest BCUT2D eigenvalue weighted by molar-refractivity contribution is -0.0278. The molecule has 2 aliphatic rings. The maximum atomic E-state index is 13.5. The molecule has 1 aliphatic carbocycles. The molecule has 2 amide bonds. The number of rotatable bonds is 7. The third kappa shape index (κ3) is 7.41. The number of aromatic nitrogens is 4. The predicted octanol–water partition coefficient (Wildman–Crippen LogP) is 5.09. The Hall–Kier alpha value is -4.51. The molecule has 0 bridgehead atoms. The van der Waals surface area contributed by atoms with Crippen molar-refractivity contribution in [1.82, 2.24) is 29.2 Å². The van der Waals surface area contributed by atoms with Gasteiger partial charge in [0.05, 0.1) is 47.1 Å². The number of carbonyl (C=O) groups is 2. The van der Waals surface area contributed by atoms with Crippen LogP contribution in [0.2, 0.25) is 0 Å². The minimum atomic E-state index is -1.24. The van der Waals surface area contributed by atoms with Crippen LogP contribution in [-0.4, -0.2) is 97.3 Å². The summed E-state index contributed by atoms with van der Waals surface area (Å²) in [6, 6.07) is 11.6. The van der Waals surface area contributed by atoms with Gasteiger partial charge in [-0.25, -0.2) is 9.31 Å². The Morgan fingerprint density at radius 1 is 1.06 bits per heavy atom. The van der Waals surface area contributed by atoms with E-state index in [1.54, 1.807) is 44.1 Å². The van der Waals surface area contributed by atoms with Crippen LogP contribution in [0.25, 0.3) is 16.4 Å². The Labute approximate surface area is 286 Å². The largest absolute Gasteiger partial charge is 0.444 e. The normalized spacial score (nSPS) is 20.8. The zero-order chi connectivity index (χ0) is 35.1. The van der Waals surface area contributed by atoms with Gasteiger partial charge in [-0.3, -0.25) is 14.4 Å². The second-order valence-electron chi connectivity index (χ2n) is 14.7. The van der Waals surface area contributed by atoms with Gasteiger partial charge in [-0.1, -0.05) is 0 Å². The Morgan fingerprint density at radius 3 is 2.47 bits per heavy atom. The molecule has 4 aromatic rings. The summed E-state index contributed by atoms with van der Waals surface area (Å²) < 4.78 is 14.7. The van der Waals surface area contributed by atoms with Gasteiger partial charge in [0, 0.05) is 55.6 Å². The van der Waals surface area contributed by atoms with Crippen molar-refractivity contribution in [2.45, 2.75) is 89.6 Å². The van der Waals surface area contributed by atoms with Gasteiger partial charge in [0.2, 0.25) is 0 Å². The highest BCUT2D eigenvalue weighted by Crippen LogP contribution is 2.36. The van der Waals surface area contributed by atoms with E-state index in [4.69, 9.17) is 14.6 Å². The number of nitrogens with one attached hydrogen (secondary N) is 1. The third-order valence-corrected chi connectivity index (χ3v) is 9.48. The summed E-state index contributed by atoms with van der Waals surface area (Å²) in [5.41, 5.74) is 1.37. The SMILES string of the molecule is COC[C@@H]1CN(C(=O)OC(C)(C)C)CCN1C1CCC(n2cc3cc(NC(=O)c4ccc5cc(C#N)cnn45)c(C(C)(C)O)cc3n2)CC1. The molecular formula is C36H46N8O5. The fourth-order valence-corrected chi connectivity index (χ4v) is 7.14. The summed E-state index contributed by atoms with van der Waals surface area (Å²) in [5.74, 6) is -0.383. The number of piperazine rings is 1. The zero-order valence-electron chi connectivity index (χ0n) is 29.1. The molecule has 3 aromatic heterocycles. The van der Waals surface area contributed by atoms with Gasteiger partial charge >= 0.3 is 6.09 Å². The highest BCUT2D eigenvalue weighted by atomic mass is 16.6. The molecule has 1 aromatic carbocycles. The van der Waals surface area contributed by atoms with Gasteiger partial charge in [0.1, 0.15) is 17.4 Å². The van der Waals surface area contributed by atoms with Crippen LogP contribution in [0.4, 0.5) is 10.5 Å². The van der Waals surface area contributed by atoms with Gasteiger partial charge in [-0.05, 0) is 90.6 Å². The first-order valence-electron chi connectivity index (χ1n) is 16.9. The summed E-state index contributed by atoms with van der Waals surface area (Å²) in [4.78, 5) is 30.6. The Morgan fingerprint density at radius 2 is 1.80 bits per heavy atom. The molecule has 1 atom stereocenters. The number of hydrogen-bond donors (Lipinski definition) is 2. The lowest BCUT2D eigenvalue weighted by Gasteiger charge is -2.46. The van der Waals surface area contributed by atoms with Crippen LogP contribution in [0.1, 0.15) is 88.0 Å². The van der Waals surface area contributed by atoms with Crippen molar-refractivity contribution < 1.29 is 24.2 Å². The first kappa shape index (κ1) is 34.4. The molecule has 0 spiro atoms. The van der Waals surface area contributed by atoms with E-state index in [9.17, 15) is 20.0 Å². The molecule has 1 saturated heterocycles. The molecule has 0 unspecified atom stereocenters. The molecule has 260 valence electrons. The molecule has 13 heteroatoms. The Balaban J connectivity index is 1.16. The molecule has 1 saturated carbocycles. The smallest absolute Gasteiger partial charge is 0.410 e. The van der Waals surface area contributed by atoms with Gasteiger partial charge in [0.15, 0.2) is 0 Å². The zero-order valence-corrected chi connectivity index (χ0v) is 29.1. The topological polar surface area (TPSA) is 150 Å². The van der Waals surface area contributed by atoms with Crippen LogP contribution < -0.4 is 5.32 Å². The number of aliphatic hydroxyl groups is 1. The van der Waals surface area contributed by atoms with E-state index in [2.05, 4.69) is 21.4 Å². The standard InChI is InChI=1S/C36H46N8O5/c1-35(2,3)49-34(46)41-13-14-42(28(21-41)22-48-6)25-7-9-26(10-8-25)43-20-24-16-31(29(36(4,5)47)17-30(24)40-43)39-33(45)32-12-11-27-15-23(18-37)19-38-44(27)32/h11-12,15-17,19-20,25-26,28,47H,7-10,13-14,21-22H2,1-6H3,(H,39,45)/t25?,26?,28-/m0/s1. The maximum Gasteiger partial charge on any atom is 0.410 e. The highest BCUT2D eigenvalue weighted by Gasteiger charge is 2.37. The molecule has 2 fully saturated rings. The molecule has 0 radical (unpaired) electrons. The summed E-state index contributed by atoms with van der Waals surface area (Å²) in [6.07, 6.45) is 7.07. The van der Waals surface area contributed by atoms with E-state index in [1.807, 2.05) is 43.8 Å². The number of fused-ring (bicyclic) bond motifs is 2. The molecule has 6 rings (SSSR count). The van der Waals surface area contributed by atoms with E-state index in [0.29, 0.717) is 53.8 Å². The monoisotopic (exact) mass is 670 g/mol. The number of nitriles is 1. The third-order valence-electron chi connectivity index (χ3n) is 9.48. The van der Waals surface area contributed by atoms with Gasteiger partial charge in [-0.15, -0.1) is 0 Å². The quantitative estimate of drug-likeness (QED) is 0.274. The summed E-state index contributed by atoms with van der Waals surface area (Å²) in [7, 11) is 1.70.